The molecule has 2 aromatic heterocycles. The standard InChI is InChI=1S/C16H18N4O/c1-2-6-17-15-16-19-10-14(20(16)8-7-18-15)13-5-3-4-12(9-13)11-21/h3-5,7-10,21H,2,6,11H2,1H3,(H,17,18). The lowest BCUT2D eigenvalue weighted by molar-refractivity contribution is 0.282. The first-order valence-corrected chi connectivity index (χ1v) is 7.09. The van der Waals surface area contributed by atoms with Gasteiger partial charge < -0.3 is 10.4 Å². The number of rotatable bonds is 5. The van der Waals surface area contributed by atoms with Gasteiger partial charge in [0.2, 0.25) is 0 Å². The van der Waals surface area contributed by atoms with Crippen LogP contribution >= 0.6 is 0 Å². The minimum absolute atomic E-state index is 0.0371. The molecule has 5 heteroatoms. The van der Waals surface area contributed by atoms with Gasteiger partial charge in [-0.05, 0) is 18.1 Å². The van der Waals surface area contributed by atoms with Crippen molar-refractivity contribution in [2.75, 3.05) is 11.9 Å². The van der Waals surface area contributed by atoms with E-state index in [1.165, 1.54) is 0 Å². The summed E-state index contributed by atoms with van der Waals surface area (Å²) in [4.78, 5) is 8.83. The number of aliphatic hydroxyl groups excluding tert-OH is 1. The van der Waals surface area contributed by atoms with Gasteiger partial charge in [-0.25, -0.2) is 9.97 Å². The molecule has 0 aliphatic carbocycles. The number of hydrogen-bond donors (Lipinski definition) is 2. The van der Waals surface area contributed by atoms with E-state index in [4.69, 9.17) is 0 Å². The van der Waals surface area contributed by atoms with Gasteiger partial charge in [-0.2, -0.15) is 0 Å². The van der Waals surface area contributed by atoms with E-state index >= 15 is 0 Å². The molecule has 0 spiro atoms. The van der Waals surface area contributed by atoms with Crippen LogP contribution < -0.4 is 5.32 Å². The fourth-order valence-electron chi connectivity index (χ4n) is 2.33. The van der Waals surface area contributed by atoms with E-state index in [-0.39, 0.29) is 6.61 Å². The predicted octanol–water partition coefficient (Wildman–Crippen LogP) is 2.71. The Morgan fingerprint density at radius 1 is 1.29 bits per heavy atom. The van der Waals surface area contributed by atoms with E-state index < -0.39 is 0 Å². The molecule has 0 saturated heterocycles. The average Bonchev–Trinajstić information content (AvgIpc) is 2.97. The summed E-state index contributed by atoms with van der Waals surface area (Å²) < 4.78 is 2.02. The molecule has 108 valence electrons. The monoisotopic (exact) mass is 282 g/mol. The lowest BCUT2D eigenvalue weighted by atomic mass is 10.1. The zero-order valence-electron chi connectivity index (χ0n) is 12.0. The highest BCUT2D eigenvalue weighted by Crippen LogP contribution is 2.24. The number of anilines is 1. The normalized spacial score (nSPS) is 11.0. The molecule has 0 radical (unpaired) electrons. The molecule has 0 fully saturated rings. The summed E-state index contributed by atoms with van der Waals surface area (Å²) in [5.41, 5.74) is 3.72. The Balaban J connectivity index is 2.07. The number of aliphatic hydroxyl groups is 1. The van der Waals surface area contributed by atoms with Crippen LogP contribution in [0.5, 0.6) is 0 Å². The second kappa shape index (κ2) is 5.93. The Morgan fingerprint density at radius 3 is 3.00 bits per heavy atom. The maximum atomic E-state index is 9.27. The molecule has 0 aliphatic rings. The smallest absolute Gasteiger partial charge is 0.180 e. The van der Waals surface area contributed by atoms with Gasteiger partial charge in [0, 0.05) is 24.5 Å². The van der Waals surface area contributed by atoms with E-state index in [1.54, 1.807) is 6.20 Å². The molecule has 0 bridgehead atoms. The van der Waals surface area contributed by atoms with Crippen LogP contribution in [0.1, 0.15) is 18.9 Å². The third kappa shape index (κ3) is 2.60. The van der Waals surface area contributed by atoms with Crippen molar-refractivity contribution in [1.82, 2.24) is 14.4 Å². The number of imidazole rings is 1. The van der Waals surface area contributed by atoms with Crippen molar-refractivity contribution in [2.24, 2.45) is 0 Å². The van der Waals surface area contributed by atoms with Crippen molar-refractivity contribution in [1.29, 1.82) is 0 Å². The van der Waals surface area contributed by atoms with Gasteiger partial charge in [-0.15, -0.1) is 0 Å². The van der Waals surface area contributed by atoms with E-state index in [9.17, 15) is 5.11 Å². The molecule has 3 rings (SSSR count). The maximum Gasteiger partial charge on any atom is 0.180 e. The first kappa shape index (κ1) is 13.6. The van der Waals surface area contributed by atoms with Crippen LogP contribution in [-0.2, 0) is 6.61 Å². The van der Waals surface area contributed by atoms with Gasteiger partial charge >= 0.3 is 0 Å². The zero-order valence-corrected chi connectivity index (χ0v) is 12.0. The molecule has 3 aromatic rings. The third-order valence-electron chi connectivity index (χ3n) is 3.38. The predicted molar refractivity (Wildman–Crippen MR) is 83.1 cm³/mol. The Bertz CT molecular complexity index is 751. The summed E-state index contributed by atoms with van der Waals surface area (Å²) in [5.74, 6) is 0.795. The molecule has 5 nitrogen and oxygen atoms in total. The van der Waals surface area contributed by atoms with Gasteiger partial charge in [0.15, 0.2) is 11.5 Å². The fraction of sp³-hybridized carbons (Fsp3) is 0.250. The van der Waals surface area contributed by atoms with Crippen LogP contribution in [0.15, 0.2) is 42.9 Å². The molecule has 2 heterocycles. The van der Waals surface area contributed by atoms with E-state index in [1.807, 2.05) is 41.1 Å². The molecule has 0 aliphatic heterocycles. The lowest BCUT2D eigenvalue weighted by Gasteiger charge is -2.07. The highest BCUT2D eigenvalue weighted by atomic mass is 16.3. The van der Waals surface area contributed by atoms with Crippen LogP contribution in [0.25, 0.3) is 16.9 Å². The summed E-state index contributed by atoms with van der Waals surface area (Å²) in [5, 5.41) is 12.6. The fourth-order valence-corrected chi connectivity index (χ4v) is 2.33. The van der Waals surface area contributed by atoms with Crippen LogP contribution in [0.3, 0.4) is 0 Å². The van der Waals surface area contributed by atoms with Crippen molar-refractivity contribution in [3.63, 3.8) is 0 Å². The van der Waals surface area contributed by atoms with Crippen LogP contribution in [0.4, 0.5) is 5.82 Å². The Hall–Kier alpha value is -2.40. The maximum absolute atomic E-state index is 9.27. The first-order chi connectivity index (χ1) is 10.3. The summed E-state index contributed by atoms with van der Waals surface area (Å²) in [7, 11) is 0. The largest absolute Gasteiger partial charge is 0.392 e. The Kier molecular flexibility index (Phi) is 3.83. The van der Waals surface area contributed by atoms with Gasteiger partial charge in [0.1, 0.15) is 0 Å². The van der Waals surface area contributed by atoms with Crippen LogP contribution in [-0.4, -0.2) is 26.0 Å². The Labute approximate surface area is 123 Å². The highest BCUT2D eigenvalue weighted by Gasteiger charge is 2.10. The lowest BCUT2D eigenvalue weighted by Crippen LogP contribution is -2.04. The second-order valence-electron chi connectivity index (χ2n) is 4.90. The average molecular weight is 282 g/mol. The quantitative estimate of drug-likeness (QED) is 0.755. The number of nitrogens with one attached hydrogen (secondary N) is 1. The topological polar surface area (TPSA) is 62.5 Å². The number of fused-ring (bicyclic) bond motifs is 1. The number of nitrogens with zero attached hydrogens (tertiary/aromatic N) is 3. The van der Waals surface area contributed by atoms with Crippen LogP contribution in [0.2, 0.25) is 0 Å². The first-order valence-electron chi connectivity index (χ1n) is 7.09. The zero-order chi connectivity index (χ0) is 14.7. The molecule has 0 amide bonds. The van der Waals surface area contributed by atoms with Gasteiger partial charge in [-0.3, -0.25) is 4.40 Å². The molecular formula is C16H18N4O. The SMILES string of the molecule is CCCNc1nccn2c(-c3cccc(CO)c3)cnc12. The molecule has 21 heavy (non-hydrogen) atoms. The minimum Gasteiger partial charge on any atom is -0.392 e. The van der Waals surface area contributed by atoms with E-state index in [0.29, 0.717) is 0 Å². The highest BCUT2D eigenvalue weighted by molar-refractivity contribution is 5.70. The van der Waals surface area contributed by atoms with Crippen molar-refractivity contribution in [3.05, 3.63) is 48.4 Å². The molecule has 0 saturated carbocycles. The van der Waals surface area contributed by atoms with Gasteiger partial charge in [0.25, 0.3) is 0 Å². The van der Waals surface area contributed by atoms with Crippen molar-refractivity contribution in [3.8, 4) is 11.3 Å². The second-order valence-corrected chi connectivity index (χ2v) is 4.90. The summed E-state index contributed by atoms with van der Waals surface area (Å²) >= 11 is 0. The van der Waals surface area contributed by atoms with Gasteiger partial charge in [-0.1, -0.05) is 25.1 Å². The molecule has 2 N–H and O–H groups in total. The number of aromatic nitrogens is 3. The Morgan fingerprint density at radius 2 is 2.19 bits per heavy atom. The van der Waals surface area contributed by atoms with Crippen molar-refractivity contribution >= 4 is 11.5 Å². The third-order valence-corrected chi connectivity index (χ3v) is 3.38. The van der Waals surface area contributed by atoms with E-state index in [0.717, 1.165) is 41.3 Å². The molecular weight excluding hydrogens is 264 g/mol. The van der Waals surface area contributed by atoms with Crippen molar-refractivity contribution < 1.29 is 5.11 Å². The summed E-state index contributed by atoms with van der Waals surface area (Å²) in [6, 6.07) is 7.84. The molecule has 0 atom stereocenters. The molecule has 0 unspecified atom stereocenters. The minimum atomic E-state index is 0.0371. The summed E-state index contributed by atoms with van der Waals surface area (Å²) in [6.07, 6.45) is 6.55. The molecule has 1 aromatic carbocycles. The number of benzene rings is 1. The van der Waals surface area contributed by atoms with E-state index in [2.05, 4.69) is 22.2 Å². The summed E-state index contributed by atoms with van der Waals surface area (Å²) in [6.45, 7) is 3.02. The number of hydrogen-bond acceptors (Lipinski definition) is 4. The van der Waals surface area contributed by atoms with Gasteiger partial charge in [0.05, 0.1) is 18.5 Å². The van der Waals surface area contributed by atoms with Crippen molar-refractivity contribution in [2.45, 2.75) is 20.0 Å². The van der Waals surface area contributed by atoms with Crippen LogP contribution in [0, 0.1) is 0 Å².